The van der Waals surface area contributed by atoms with Crippen molar-refractivity contribution in [2.45, 2.75) is 27.7 Å². The largest absolute Gasteiger partial charge is 0.504 e. The van der Waals surface area contributed by atoms with Crippen LogP contribution in [0.2, 0.25) is 0 Å². The van der Waals surface area contributed by atoms with E-state index in [1.807, 2.05) is 88.4 Å². The van der Waals surface area contributed by atoms with Crippen molar-refractivity contribution in [2.75, 3.05) is 34.5 Å². The standard InChI is InChI=1S/C31H37NO6/c1-20(2)14-16-32-38-24-11-8-22(9-12-24)25-19-28(35-6)29(30(33)31(25)36-7)23-10-13-26(27(18-23)34-5)37-17-15-21(3)4/h8-15,18-19,32-33H,16-17H2,1-7H3. The summed E-state index contributed by atoms with van der Waals surface area (Å²) in [6.07, 6.45) is 4.03. The molecule has 3 rings (SSSR count). The van der Waals surface area contributed by atoms with Crippen LogP contribution in [0.5, 0.6) is 34.5 Å². The van der Waals surface area contributed by atoms with Gasteiger partial charge in [-0.05, 0) is 75.2 Å². The van der Waals surface area contributed by atoms with Gasteiger partial charge in [-0.25, -0.2) is 0 Å². The van der Waals surface area contributed by atoms with Gasteiger partial charge < -0.3 is 28.9 Å². The zero-order valence-electron chi connectivity index (χ0n) is 23.2. The zero-order chi connectivity index (χ0) is 27.7. The van der Waals surface area contributed by atoms with Crippen LogP contribution in [0.15, 0.2) is 71.8 Å². The number of nitrogens with one attached hydrogen (secondary N) is 1. The van der Waals surface area contributed by atoms with E-state index < -0.39 is 0 Å². The van der Waals surface area contributed by atoms with Crippen molar-refractivity contribution < 1.29 is 28.9 Å². The molecular weight excluding hydrogens is 482 g/mol. The molecule has 0 amide bonds. The van der Waals surface area contributed by atoms with Gasteiger partial charge in [-0.3, -0.25) is 0 Å². The smallest absolute Gasteiger partial charge is 0.170 e. The van der Waals surface area contributed by atoms with Crippen molar-refractivity contribution in [1.82, 2.24) is 5.48 Å². The number of phenolic OH excluding ortho intramolecular Hbond substituents is 1. The minimum absolute atomic E-state index is 0.0363. The van der Waals surface area contributed by atoms with Crippen LogP contribution in [0.4, 0.5) is 0 Å². The van der Waals surface area contributed by atoms with Crippen molar-refractivity contribution in [1.29, 1.82) is 0 Å². The number of hydrogen-bond acceptors (Lipinski definition) is 7. The maximum Gasteiger partial charge on any atom is 0.170 e. The Morgan fingerprint density at radius 2 is 1.42 bits per heavy atom. The highest BCUT2D eigenvalue weighted by molar-refractivity contribution is 5.88. The zero-order valence-corrected chi connectivity index (χ0v) is 23.2. The predicted molar refractivity (Wildman–Crippen MR) is 152 cm³/mol. The Morgan fingerprint density at radius 3 is 2.03 bits per heavy atom. The maximum absolute atomic E-state index is 11.3. The van der Waals surface area contributed by atoms with Gasteiger partial charge in [-0.2, -0.15) is 5.48 Å². The summed E-state index contributed by atoms with van der Waals surface area (Å²) in [6, 6.07) is 14.8. The molecule has 0 saturated heterocycles. The topological polar surface area (TPSA) is 78.4 Å². The van der Waals surface area contributed by atoms with Crippen molar-refractivity contribution >= 4 is 0 Å². The minimum atomic E-state index is -0.0363. The van der Waals surface area contributed by atoms with Gasteiger partial charge in [-0.15, -0.1) is 0 Å². The molecule has 3 aromatic rings. The normalized spacial score (nSPS) is 10.4. The Labute approximate surface area is 225 Å². The maximum atomic E-state index is 11.3. The second-order valence-electron chi connectivity index (χ2n) is 9.10. The fourth-order valence-electron chi connectivity index (χ4n) is 3.80. The predicted octanol–water partition coefficient (Wildman–Crippen LogP) is 6.95. The lowest BCUT2D eigenvalue weighted by atomic mass is 9.96. The van der Waals surface area contributed by atoms with E-state index in [1.54, 1.807) is 14.2 Å². The van der Waals surface area contributed by atoms with Gasteiger partial charge in [0.05, 0.1) is 26.9 Å². The fraction of sp³-hybridized carbons (Fsp3) is 0.290. The number of ether oxygens (including phenoxy) is 4. The van der Waals surface area contributed by atoms with Crippen molar-refractivity contribution in [2.24, 2.45) is 0 Å². The first-order chi connectivity index (χ1) is 18.3. The highest BCUT2D eigenvalue weighted by atomic mass is 16.6. The summed E-state index contributed by atoms with van der Waals surface area (Å²) in [7, 11) is 4.68. The van der Waals surface area contributed by atoms with Crippen LogP contribution in [0.1, 0.15) is 27.7 Å². The Hall–Kier alpha value is -4.10. The van der Waals surface area contributed by atoms with E-state index in [-0.39, 0.29) is 5.75 Å². The molecule has 7 nitrogen and oxygen atoms in total. The van der Waals surface area contributed by atoms with Crippen LogP contribution < -0.4 is 29.3 Å². The molecule has 0 aliphatic rings. The molecule has 38 heavy (non-hydrogen) atoms. The molecule has 0 aromatic heterocycles. The fourth-order valence-corrected chi connectivity index (χ4v) is 3.80. The second-order valence-corrected chi connectivity index (χ2v) is 9.10. The monoisotopic (exact) mass is 519 g/mol. The molecule has 0 spiro atoms. The molecule has 3 aromatic carbocycles. The number of allylic oxidation sites excluding steroid dienone is 2. The van der Waals surface area contributed by atoms with E-state index in [1.165, 1.54) is 18.3 Å². The first-order valence-corrected chi connectivity index (χ1v) is 12.3. The molecule has 0 bridgehead atoms. The molecule has 0 aliphatic carbocycles. The van der Waals surface area contributed by atoms with Crippen LogP contribution in [0, 0.1) is 0 Å². The van der Waals surface area contributed by atoms with Gasteiger partial charge in [0, 0.05) is 12.1 Å². The second kappa shape index (κ2) is 13.4. The average Bonchev–Trinajstić information content (AvgIpc) is 2.90. The summed E-state index contributed by atoms with van der Waals surface area (Å²) in [5.41, 5.74) is 8.00. The van der Waals surface area contributed by atoms with Crippen molar-refractivity contribution in [3.8, 4) is 56.8 Å². The number of hydroxylamine groups is 1. The lowest BCUT2D eigenvalue weighted by molar-refractivity contribution is 0.209. The number of methoxy groups -OCH3 is 3. The summed E-state index contributed by atoms with van der Waals surface area (Å²) in [5, 5.41) is 11.3. The number of rotatable bonds is 12. The Bertz CT molecular complexity index is 1290. The molecule has 0 radical (unpaired) electrons. The van der Waals surface area contributed by atoms with Gasteiger partial charge in [0.1, 0.15) is 18.1 Å². The van der Waals surface area contributed by atoms with E-state index in [0.29, 0.717) is 58.6 Å². The van der Waals surface area contributed by atoms with E-state index in [0.717, 1.165) is 5.56 Å². The number of benzene rings is 3. The summed E-state index contributed by atoms with van der Waals surface area (Å²) in [5.74, 6) is 2.60. The first-order valence-electron chi connectivity index (χ1n) is 12.3. The summed E-state index contributed by atoms with van der Waals surface area (Å²) >= 11 is 0. The minimum Gasteiger partial charge on any atom is -0.504 e. The summed E-state index contributed by atoms with van der Waals surface area (Å²) < 4.78 is 22.8. The average molecular weight is 520 g/mol. The van der Waals surface area contributed by atoms with Crippen LogP contribution >= 0.6 is 0 Å². The SMILES string of the molecule is COc1cc(-c2c(OC)cc(-c3ccc(ONCC=C(C)C)cc3)c(OC)c2O)ccc1OCC=C(C)C. The van der Waals surface area contributed by atoms with Gasteiger partial charge in [0.2, 0.25) is 0 Å². The molecule has 0 heterocycles. The summed E-state index contributed by atoms with van der Waals surface area (Å²) in [6.45, 7) is 9.14. The molecule has 0 unspecified atom stereocenters. The van der Waals surface area contributed by atoms with Gasteiger partial charge >= 0.3 is 0 Å². The summed E-state index contributed by atoms with van der Waals surface area (Å²) in [4.78, 5) is 5.59. The van der Waals surface area contributed by atoms with Gasteiger partial charge in [0.15, 0.2) is 23.0 Å². The lowest BCUT2D eigenvalue weighted by Crippen LogP contribution is -2.18. The van der Waals surface area contributed by atoms with Crippen molar-refractivity contribution in [3.05, 3.63) is 71.8 Å². The van der Waals surface area contributed by atoms with Crippen molar-refractivity contribution in [3.63, 3.8) is 0 Å². The van der Waals surface area contributed by atoms with Gasteiger partial charge in [0.25, 0.3) is 0 Å². The first kappa shape index (κ1) is 28.5. The molecule has 0 atom stereocenters. The third-order valence-electron chi connectivity index (χ3n) is 5.77. The molecular formula is C31H37NO6. The molecule has 2 N–H and O–H groups in total. The lowest BCUT2D eigenvalue weighted by Gasteiger charge is -2.19. The van der Waals surface area contributed by atoms with E-state index in [9.17, 15) is 5.11 Å². The van der Waals surface area contributed by atoms with Gasteiger partial charge in [-0.1, -0.05) is 35.4 Å². The third-order valence-corrected chi connectivity index (χ3v) is 5.77. The number of aromatic hydroxyl groups is 1. The molecule has 0 fully saturated rings. The Morgan fingerprint density at radius 1 is 0.763 bits per heavy atom. The highest BCUT2D eigenvalue weighted by Crippen LogP contribution is 2.50. The van der Waals surface area contributed by atoms with Crippen LogP contribution in [-0.4, -0.2) is 39.6 Å². The molecule has 202 valence electrons. The van der Waals surface area contributed by atoms with Crippen LogP contribution in [0.25, 0.3) is 22.3 Å². The Balaban J connectivity index is 1.96. The highest BCUT2D eigenvalue weighted by Gasteiger charge is 2.22. The quantitative estimate of drug-likeness (QED) is 0.152. The van der Waals surface area contributed by atoms with Crippen LogP contribution in [-0.2, 0) is 0 Å². The van der Waals surface area contributed by atoms with Crippen LogP contribution in [0.3, 0.4) is 0 Å². The molecule has 7 heteroatoms. The molecule has 0 aliphatic heterocycles. The molecule has 0 saturated carbocycles. The number of phenols is 1. The Kier molecular flexibility index (Phi) is 10.1. The van der Waals surface area contributed by atoms with E-state index in [4.69, 9.17) is 23.8 Å². The van der Waals surface area contributed by atoms with E-state index >= 15 is 0 Å². The third kappa shape index (κ3) is 7.01. The van der Waals surface area contributed by atoms with E-state index in [2.05, 4.69) is 5.48 Å². The number of hydrogen-bond donors (Lipinski definition) is 2.